The average Bonchev–Trinajstić information content (AvgIpc) is 3.21. The van der Waals surface area contributed by atoms with Crippen LogP contribution in [0.15, 0.2) is 65.0 Å². The summed E-state index contributed by atoms with van der Waals surface area (Å²) in [5, 5.41) is 4.72. The fraction of sp³-hybridized carbons (Fsp3) is 0.200. The van der Waals surface area contributed by atoms with E-state index in [0.717, 1.165) is 6.42 Å². The van der Waals surface area contributed by atoms with E-state index in [1.54, 1.807) is 29.6 Å². The zero-order chi connectivity index (χ0) is 20.9. The molecule has 9 heteroatoms. The number of carbonyl (C=O) groups is 1. The van der Waals surface area contributed by atoms with Gasteiger partial charge in [0.15, 0.2) is 5.13 Å². The van der Waals surface area contributed by atoms with Crippen molar-refractivity contribution in [2.24, 2.45) is 0 Å². The van der Waals surface area contributed by atoms with E-state index in [1.165, 1.54) is 41.8 Å². The first-order chi connectivity index (χ1) is 13.9. The summed E-state index contributed by atoms with van der Waals surface area (Å²) in [5.41, 5.74) is 0.965. The van der Waals surface area contributed by atoms with Crippen LogP contribution in [-0.4, -0.2) is 25.4 Å². The number of amides is 1. The minimum absolute atomic E-state index is 0.0808. The van der Waals surface area contributed by atoms with Crippen LogP contribution in [0.4, 0.5) is 10.8 Å². The fourth-order valence-electron chi connectivity index (χ4n) is 2.37. The Morgan fingerprint density at radius 1 is 1.14 bits per heavy atom. The Balaban J connectivity index is 1.64. The maximum atomic E-state index is 12.4. The molecule has 152 valence electrons. The molecule has 7 nitrogen and oxygen atoms in total. The van der Waals surface area contributed by atoms with Gasteiger partial charge in [0, 0.05) is 22.8 Å². The quantitative estimate of drug-likeness (QED) is 0.552. The van der Waals surface area contributed by atoms with Crippen molar-refractivity contribution in [1.29, 1.82) is 0 Å². The molecule has 3 aromatic rings. The van der Waals surface area contributed by atoms with Crippen LogP contribution in [0.3, 0.4) is 0 Å². The number of hydrogen-bond acceptors (Lipinski definition) is 6. The highest BCUT2D eigenvalue weighted by molar-refractivity contribution is 7.93. The molecule has 2 N–H and O–H groups in total. The predicted molar refractivity (Wildman–Crippen MR) is 114 cm³/mol. The van der Waals surface area contributed by atoms with Crippen molar-refractivity contribution < 1.29 is 17.9 Å². The SMILES string of the molecule is CCC(C)Oc1ccc(C(=O)Nc2ccc(S(=O)(=O)Nc3nccs3)cc2)cc1. The van der Waals surface area contributed by atoms with Crippen molar-refractivity contribution >= 4 is 38.1 Å². The standard InChI is InChI=1S/C20H21N3O4S2/c1-3-14(2)27-17-8-4-15(5-9-17)19(24)22-16-6-10-18(11-7-16)29(25,26)23-20-21-12-13-28-20/h4-14H,3H2,1-2H3,(H,21,23)(H,22,24). The zero-order valence-corrected chi connectivity index (χ0v) is 17.6. The van der Waals surface area contributed by atoms with E-state index in [4.69, 9.17) is 4.74 Å². The van der Waals surface area contributed by atoms with E-state index in [1.807, 2.05) is 13.8 Å². The first-order valence-electron chi connectivity index (χ1n) is 8.98. The molecule has 1 heterocycles. The number of sulfonamides is 1. The van der Waals surface area contributed by atoms with Gasteiger partial charge >= 0.3 is 0 Å². The van der Waals surface area contributed by atoms with E-state index >= 15 is 0 Å². The molecule has 0 fully saturated rings. The Labute approximate surface area is 173 Å². The summed E-state index contributed by atoms with van der Waals surface area (Å²) in [6.07, 6.45) is 2.52. The van der Waals surface area contributed by atoms with Crippen molar-refractivity contribution in [2.75, 3.05) is 10.0 Å². The molecular weight excluding hydrogens is 410 g/mol. The largest absolute Gasteiger partial charge is 0.491 e. The number of hydrogen-bond donors (Lipinski definition) is 2. The number of nitrogens with zero attached hydrogens (tertiary/aromatic N) is 1. The maximum absolute atomic E-state index is 12.4. The van der Waals surface area contributed by atoms with Gasteiger partial charge in [-0.25, -0.2) is 13.4 Å². The van der Waals surface area contributed by atoms with Gasteiger partial charge in [0.1, 0.15) is 5.75 Å². The second-order valence-corrected chi connectivity index (χ2v) is 8.86. The third-order valence-corrected chi connectivity index (χ3v) is 6.28. The third kappa shape index (κ3) is 5.55. The average molecular weight is 432 g/mol. The smallest absolute Gasteiger partial charge is 0.263 e. The zero-order valence-electron chi connectivity index (χ0n) is 16.0. The molecular formula is C20H21N3O4S2. The van der Waals surface area contributed by atoms with Gasteiger partial charge in [-0.2, -0.15) is 0 Å². The Kier molecular flexibility index (Phi) is 6.50. The molecule has 0 spiro atoms. The second-order valence-electron chi connectivity index (χ2n) is 6.28. The third-order valence-electron chi connectivity index (χ3n) is 4.11. The summed E-state index contributed by atoms with van der Waals surface area (Å²) in [5.74, 6) is 0.412. The predicted octanol–water partition coefficient (Wildman–Crippen LogP) is 4.37. The number of anilines is 2. The molecule has 29 heavy (non-hydrogen) atoms. The van der Waals surface area contributed by atoms with Crippen molar-refractivity contribution in [1.82, 2.24) is 4.98 Å². The Hall–Kier alpha value is -2.91. The molecule has 1 atom stereocenters. The number of benzene rings is 2. The van der Waals surface area contributed by atoms with Crippen LogP contribution in [0.1, 0.15) is 30.6 Å². The summed E-state index contributed by atoms with van der Waals surface area (Å²) in [6.45, 7) is 4.02. The Morgan fingerprint density at radius 3 is 2.41 bits per heavy atom. The van der Waals surface area contributed by atoms with Gasteiger partial charge in [0.25, 0.3) is 15.9 Å². The summed E-state index contributed by atoms with van der Waals surface area (Å²) in [6, 6.07) is 12.8. The highest BCUT2D eigenvalue weighted by atomic mass is 32.2. The maximum Gasteiger partial charge on any atom is 0.263 e. The van der Waals surface area contributed by atoms with Crippen LogP contribution in [-0.2, 0) is 10.0 Å². The normalized spacial score (nSPS) is 12.2. The van der Waals surface area contributed by atoms with Crippen molar-refractivity contribution in [2.45, 2.75) is 31.3 Å². The summed E-state index contributed by atoms with van der Waals surface area (Å²) >= 11 is 1.19. The number of thiazole rings is 1. The minimum Gasteiger partial charge on any atom is -0.491 e. The number of aromatic nitrogens is 1. The first kappa shape index (κ1) is 20.8. The van der Waals surface area contributed by atoms with Gasteiger partial charge < -0.3 is 10.1 Å². The fourth-order valence-corrected chi connectivity index (χ4v) is 4.16. The highest BCUT2D eigenvalue weighted by Crippen LogP contribution is 2.20. The lowest BCUT2D eigenvalue weighted by Gasteiger charge is -2.13. The molecule has 0 bridgehead atoms. The molecule has 1 amide bonds. The highest BCUT2D eigenvalue weighted by Gasteiger charge is 2.15. The monoisotopic (exact) mass is 431 g/mol. The number of rotatable bonds is 8. The Morgan fingerprint density at radius 2 is 1.83 bits per heavy atom. The van der Waals surface area contributed by atoms with Gasteiger partial charge in [0.2, 0.25) is 0 Å². The van der Waals surface area contributed by atoms with E-state index in [2.05, 4.69) is 15.0 Å². The van der Waals surface area contributed by atoms with E-state index in [9.17, 15) is 13.2 Å². The molecule has 1 aromatic heterocycles. The molecule has 1 unspecified atom stereocenters. The van der Waals surface area contributed by atoms with Gasteiger partial charge in [0.05, 0.1) is 11.0 Å². The van der Waals surface area contributed by atoms with Crippen molar-refractivity contribution in [3.05, 3.63) is 65.7 Å². The van der Waals surface area contributed by atoms with Gasteiger partial charge in [-0.3, -0.25) is 9.52 Å². The number of ether oxygens (including phenoxy) is 1. The summed E-state index contributed by atoms with van der Waals surface area (Å²) in [7, 11) is -3.73. The van der Waals surface area contributed by atoms with Crippen LogP contribution in [0.5, 0.6) is 5.75 Å². The van der Waals surface area contributed by atoms with E-state index in [0.29, 0.717) is 22.1 Å². The number of carbonyl (C=O) groups excluding carboxylic acids is 1. The molecule has 0 radical (unpaired) electrons. The van der Waals surface area contributed by atoms with Crippen LogP contribution in [0.25, 0.3) is 0 Å². The molecule has 2 aromatic carbocycles. The lowest BCUT2D eigenvalue weighted by Crippen LogP contribution is -2.14. The summed E-state index contributed by atoms with van der Waals surface area (Å²) in [4.78, 5) is 16.4. The van der Waals surface area contributed by atoms with E-state index < -0.39 is 10.0 Å². The topological polar surface area (TPSA) is 97.4 Å². The molecule has 0 aliphatic rings. The second kappa shape index (κ2) is 9.06. The molecule has 0 saturated heterocycles. The van der Waals surface area contributed by atoms with Crippen LogP contribution >= 0.6 is 11.3 Å². The first-order valence-corrected chi connectivity index (χ1v) is 11.3. The van der Waals surface area contributed by atoms with Crippen LogP contribution < -0.4 is 14.8 Å². The van der Waals surface area contributed by atoms with Crippen molar-refractivity contribution in [3.8, 4) is 5.75 Å². The van der Waals surface area contributed by atoms with Gasteiger partial charge in [-0.15, -0.1) is 11.3 Å². The van der Waals surface area contributed by atoms with E-state index in [-0.39, 0.29) is 16.9 Å². The number of nitrogens with one attached hydrogen (secondary N) is 2. The molecule has 0 aliphatic carbocycles. The van der Waals surface area contributed by atoms with Crippen LogP contribution in [0.2, 0.25) is 0 Å². The summed E-state index contributed by atoms with van der Waals surface area (Å²) < 4.78 is 32.8. The molecule has 3 rings (SSSR count). The van der Waals surface area contributed by atoms with Gasteiger partial charge in [-0.1, -0.05) is 6.92 Å². The Bertz CT molecular complexity index is 1050. The van der Waals surface area contributed by atoms with Crippen LogP contribution in [0, 0.1) is 0 Å². The molecule has 0 aliphatic heterocycles. The van der Waals surface area contributed by atoms with Gasteiger partial charge in [-0.05, 0) is 61.9 Å². The molecule has 0 saturated carbocycles. The lowest BCUT2D eigenvalue weighted by molar-refractivity contribution is 0.102. The van der Waals surface area contributed by atoms with Crippen molar-refractivity contribution in [3.63, 3.8) is 0 Å². The lowest BCUT2D eigenvalue weighted by atomic mass is 10.2. The minimum atomic E-state index is -3.73.